The van der Waals surface area contributed by atoms with Crippen molar-refractivity contribution in [3.63, 3.8) is 0 Å². The Balaban J connectivity index is 2.35. The molecule has 0 aliphatic heterocycles. The molecular formula is C12H13ClN2O2. The van der Waals surface area contributed by atoms with Gasteiger partial charge in [0.25, 0.3) is 0 Å². The molecule has 0 unspecified atom stereocenters. The fourth-order valence-corrected chi connectivity index (χ4v) is 1.90. The second kappa shape index (κ2) is 5.21. The highest BCUT2D eigenvalue weighted by Gasteiger charge is 2.10. The molecule has 2 aromatic rings. The van der Waals surface area contributed by atoms with Crippen LogP contribution in [-0.4, -0.2) is 21.8 Å². The van der Waals surface area contributed by atoms with Crippen LogP contribution in [0.4, 0.5) is 0 Å². The van der Waals surface area contributed by atoms with Crippen LogP contribution in [0.3, 0.4) is 0 Å². The Kier molecular flexibility index (Phi) is 3.66. The monoisotopic (exact) mass is 252 g/mol. The van der Waals surface area contributed by atoms with Gasteiger partial charge in [-0.1, -0.05) is 17.7 Å². The summed E-state index contributed by atoms with van der Waals surface area (Å²) in [6.07, 6.45) is 3.29. The summed E-state index contributed by atoms with van der Waals surface area (Å²) in [6, 6.07) is 5.51. The van der Waals surface area contributed by atoms with Crippen LogP contribution in [0, 0.1) is 0 Å². The summed E-state index contributed by atoms with van der Waals surface area (Å²) in [7, 11) is 1.61. The molecule has 5 heteroatoms. The fraction of sp³-hybridized carbons (Fsp3) is 0.250. The number of aliphatic hydroxyl groups is 1. The third-order valence-electron chi connectivity index (χ3n) is 2.58. The molecule has 1 aromatic heterocycles. The molecule has 0 amide bonds. The highest BCUT2D eigenvalue weighted by Crippen LogP contribution is 2.27. The van der Waals surface area contributed by atoms with Crippen molar-refractivity contribution in [1.82, 2.24) is 9.55 Å². The van der Waals surface area contributed by atoms with Crippen molar-refractivity contribution >= 4 is 11.6 Å². The molecule has 0 saturated heterocycles. The first-order valence-electron chi connectivity index (χ1n) is 5.17. The highest BCUT2D eigenvalue weighted by molar-refractivity contribution is 6.31. The van der Waals surface area contributed by atoms with Crippen molar-refractivity contribution in [2.24, 2.45) is 0 Å². The highest BCUT2D eigenvalue weighted by atomic mass is 35.5. The minimum absolute atomic E-state index is 0.0488. The molecule has 1 aromatic carbocycles. The first kappa shape index (κ1) is 12.0. The van der Waals surface area contributed by atoms with E-state index in [2.05, 4.69) is 4.98 Å². The van der Waals surface area contributed by atoms with Gasteiger partial charge < -0.3 is 14.4 Å². The van der Waals surface area contributed by atoms with Gasteiger partial charge in [-0.15, -0.1) is 0 Å². The molecule has 90 valence electrons. The van der Waals surface area contributed by atoms with Crippen LogP contribution < -0.4 is 4.74 Å². The predicted octanol–water partition coefficient (Wildman–Crippen LogP) is 2.09. The van der Waals surface area contributed by atoms with E-state index in [1.165, 1.54) is 0 Å². The standard InChI is InChI=1S/C12H13ClN2O2/c1-17-12-4-2-3-11(13)10(12)6-15-8-14-5-9(15)7-16/h2-5,8,16H,6-7H2,1H3. The molecule has 4 nitrogen and oxygen atoms in total. The van der Waals surface area contributed by atoms with E-state index in [4.69, 9.17) is 21.4 Å². The Hall–Kier alpha value is -1.52. The zero-order chi connectivity index (χ0) is 12.3. The van der Waals surface area contributed by atoms with Gasteiger partial charge in [-0.3, -0.25) is 0 Å². The lowest BCUT2D eigenvalue weighted by molar-refractivity contribution is 0.271. The van der Waals surface area contributed by atoms with Crippen LogP contribution in [0.15, 0.2) is 30.7 Å². The van der Waals surface area contributed by atoms with E-state index in [0.29, 0.717) is 11.6 Å². The molecule has 0 bridgehead atoms. The number of nitrogens with zero attached hydrogens (tertiary/aromatic N) is 2. The molecule has 0 radical (unpaired) electrons. The van der Waals surface area contributed by atoms with E-state index in [-0.39, 0.29) is 6.61 Å². The van der Waals surface area contributed by atoms with E-state index in [9.17, 15) is 0 Å². The molecule has 17 heavy (non-hydrogen) atoms. The van der Waals surface area contributed by atoms with E-state index >= 15 is 0 Å². The molecule has 0 atom stereocenters. The molecule has 0 spiro atoms. The quantitative estimate of drug-likeness (QED) is 0.906. The number of hydrogen-bond donors (Lipinski definition) is 1. The second-order valence-electron chi connectivity index (χ2n) is 3.59. The smallest absolute Gasteiger partial charge is 0.125 e. The summed E-state index contributed by atoms with van der Waals surface area (Å²) < 4.78 is 7.10. The number of rotatable bonds is 4. The zero-order valence-electron chi connectivity index (χ0n) is 9.43. The summed E-state index contributed by atoms with van der Waals surface area (Å²) in [6.45, 7) is 0.478. The van der Waals surface area contributed by atoms with Gasteiger partial charge in [-0.25, -0.2) is 4.98 Å². The Morgan fingerprint density at radius 3 is 3.00 bits per heavy atom. The summed E-state index contributed by atoms with van der Waals surface area (Å²) in [5.74, 6) is 0.732. The van der Waals surface area contributed by atoms with Gasteiger partial charge in [0.15, 0.2) is 0 Å². The average Bonchev–Trinajstić information content (AvgIpc) is 2.79. The second-order valence-corrected chi connectivity index (χ2v) is 4.00. The minimum Gasteiger partial charge on any atom is -0.496 e. The average molecular weight is 253 g/mol. The Bertz CT molecular complexity index is 511. The lowest BCUT2D eigenvalue weighted by atomic mass is 10.2. The maximum atomic E-state index is 9.16. The molecule has 0 fully saturated rings. The van der Waals surface area contributed by atoms with Crippen LogP contribution >= 0.6 is 11.6 Å². The van der Waals surface area contributed by atoms with Gasteiger partial charge in [0.05, 0.1) is 38.5 Å². The minimum atomic E-state index is -0.0488. The van der Waals surface area contributed by atoms with Crippen molar-refractivity contribution < 1.29 is 9.84 Å². The van der Waals surface area contributed by atoms with E-state index in [1.54, 1.807) is 19.6 Å². The topological polar surface area (TPSA) is 47.3 Å². The van der Waals surface area contributed by atoms with Gasteiger partial charge in [0, 0.05) is 10.6 Å². The SMILES string of the molecule is COc1cccc(Cl)c1Cn1cncc1CO. The molecule has 0 aliphatic carbocycles. The van der Waals surface area contributed by atoms with Crippen LogP contribution in [-0.2, 0) is 13.2 Å². The Morgan fingerprint density at radius 1 is 1.47 bits per heavy atom. The number of imidazole rings is 1. The van der Waals surface area contributed by atoms with Gasteiger partial charge in [-0.2, -0.15) is 0 Å². The zero-order valence-corrected chi connectivity index (χ0v) is 10.2. The number of aromatic nitrogens is 2. The van der Waals surface area contributed by atoms with Crippen molar-refractivity contribution in [2.45, 2.75) is 13.2 Å². The van der Waals surface area contributed by atoms with Gasteiger partial charge >= 0.3 is 0 Å². The summed E-state index contributed by atoms with van der Waals surface area (Å²) >= 11 is 6.14. The summed E-state index contributed by atoms with van der Waals surface area (Å²) in [5.41, 5.74) is 1.62. The number of ether oxygens (including phenoxy) is 1. The normalized spacial score (nSPS) is 10.5. The van der Waals surface area contributed by atoms with Crippen molar-refractivity contribution in [2.75, 3.05) is 7.11 Å². The third-order valence-corrected chi connectivity index (χ3v) is 2.94. The number of halogens is 1. The largest absolute Gasteiger partial charge is 0.496 e. The number of methoxy groups -OCH3 is 1. The fourth-order valence-electron chi connectivity index (χ4n) is 1.68. The molecule has 0 aliphatic rings. The Morgan fingerprint density at radius 2 is 2.29 bits per heavy atom. The maximum absolute atomic E-state index is 9.16. The van der Waals surface area contributed by atoms with Crippen LogP contribution in [0.1, 0.15) is 11.3 Å². The van der Waals surface area contributed by atoms with Gasteiger partial charge in [-0.05, 0) is 12.1 Å². The van der Waals surface area contributed by atoms with Crippen LogP contribution in [0.5, 0.6) is 5.75 Å². The molecule has 0 saturated carbocycles. The molecule has 1 heterocycles. The summed E-state index contributed by atoms with van der Waals surface area (Å²) in [4.78, 5) is 3.99. The first-order chi connectivity index (χ1) is 8.26. The Labute approximate surface area is 104 Å². The van der Waals surface area contributed by atoms with E-state index < -0.39 is 0 Å². The number of benzene rings is 1. The summed E-state index contributed by atoms with van der Waals surface area (Å²) in [5, 5.41) is 9.80. The molecule has 2 rings (SSSR count). The third kappa shape index (κ3) is 2.43. The molecular weight excluding hydrogens is 240 g/mol. The van der Waals surface area contributed by atoms with E-state index in [1.807, 2.05) is 22.8 Å². The van der Waals surface area contributed by atoms with E-state index in [0.717, 1.165) is 17.0 Å². The van der Waals surface area contributed by atoms with Crippen molar-refractivity contribution in [3.05, 3.63) is 47.0 Å². The molecule has 1 N–H and O–H groups in total. The van der Waals surface area contributed by atoms with Crippen molar-refractivity contribution in [3.8, 4) is 5.75 Å². The predicted molar refractivity (Wildman–Crippen MR) is 65.3 cm³/mol. The van der Waals surface area contributed by atoms with Crippen LogP contribution in [0.2, 0.25) is 5.02 Å². The number of aliphatic hydroxyl groups excluding tert-OH is 1. The number of hydrogen-bond acceptors (Lipinski definition) is 3. The van der Waals surface area contributed by atoms with Crippen LogP contribution in [0.25, 0.3) is 0 Å². The maximum Gasteiger partial charge on any atom is 0.125 e. The van der Waals surface area contributed by atoms with Crippen molar-refractivity contribution in [1.29, 1.82) is 0 Å². The lowest BCUT2D eigenvalue weighted by Crippen LogP contribution is -2.05. The van der Waals surface area contributed by atoms with Gasteiger partial charge in [0.1, 0.15) is 5.75 Å². The van der Waals surface area contributed by atoms with Gasteiger partial charge in [0.2, 0.25) is 0 Å². The first-order valence-corrected chi connectivity index (χ1v) is 5.55. The lowest BCUT2D eigenvalue weighted by Gasteiger charge is -2.12.